The number of nitrogens with one attached hydrogen (secondary N) is 1. The van der Waals surface area contributed by atoms with Crippen LogP contribution in [0, 0.1) is 0 Å². The van der Waals surface area contributed by atoms with E-state index in [0.717, 1.165) is 4.88 Å². The lowest BCUT2D eigenvalue weighted by Gasteiger charge is -2.32. The highest BCUT2D eigenvalue weighted by Crippen LogP contribution is 2.43. The molecule has 0 saturated heterocycles. The smallest absolute Gasteiger partial charge is 0.434 e. The number of ether oxygens (including phenoxy) is 2. The molecule has 1 aliphatic heterocycles. The van der Waals surface area contributed by atoms with E-state index in [4.69, 9.17) is 18.9 Å². The van der Waals surface area contributed by atoms with Crippen molar-refractivity contribution in [3.8, 4) is 39.3 Å². The molecular weight excluding hydrogens is 458 g/mol. The molecule has 176 valence electrons. The third-order valence-corrected chi connectivity index (χ3v) is 6.65. The fraction of sp³-hybridized carbons (Fsp3) is 0.304. The molecule has 1 aromatic carbocycles. The van der Waals surface area contributed by atoms with Gasteiger partial charge in [0.25, 0.3) is 11.8 Å². The third kappa shape index (κ3) is 3.48. The maximum Gasteiger partial charge on any atom is 0.434 e. The fourth-order valence-electron chi connectivity index (χ4n) is 3.72. The Labute approximate surface area is 198 Å². The van der Waals surface area contributed by atoms with E-state index in [9.17, 15) is 9.59 Å². The van der Waals surface area contributed by atoms with Gasteiger partial charge in [0.15, 0.2) is 11.5 Å². The standard InChI is InChI=1S/C23H23N5O5S/c1-23(2,3)27(4)21(29)18-14-11-32-16-10-15(31-5)12(20-25-26-22(30)33-20)9-13(16)28(14)19(24-18)17-7-6-8-34-17/h6-10H,11H2,1-5H3,(H,26,30). The van der Waals surface area contributed by atoms with Gasteiger partial charge >= 0.3 is 5.76 Å². The zero-order chi connectivity index (χ0) is 24.2. The molecular formula is C23H23N5O5S. The highest BCUT2D eigenvalue weighted by Gasteiger charge is 2.34. The number of carbonyl (C=O) groups excluding carboxylic acids is 1. The van der Waals surface area contributed by atoms with Crippen molar-refractivity contribution >= 4 is 17.2 Å². The van der Waals surface area contributed by atoms with Crippen molar-refractivity contribution in [2.45, 2.75) is 32.9 Å². The summed E-state index contributed by atoms with van der Waals surface area (Å²) in [5, 5.41) is 8.17. The van der Waals surface area contributed by atoms with Crippen molar-refractivity contribution in [2.75, 3.05) is 14.2 Å². The van der Waals surface area contributed by atoms with Crippen LogP contribution < -0.4 is 15.2 Å². The average Bonchev–Trinajstić information content (AvgIpc) is 3.55. The Hall–Kier alpha value is -3.86. The monoisotopic (exact) mass is 481 g/mol. The zero-order valence-electron chi connectivity index (χ0n) is 19.3. The molecule has 0 aliphatic carbocycles. The van der Waals surface area contributed by atoms with E-state index in [1.165, 1.54) is 18.4 Å². The molecule has 0 saturated carbocycles. The summed E-state index contributed by atoms with van der Waals surface area (Å²) in [4.78, 5) is 32.4. The molecule has 10 nitrogen and oxygen atoms in total. The van der Waals surface area contributed by atoms with Gasteiger partial charge in [-0.15, -0.1) is 16.4 Å². The zero-order valence-corrected chi connectivity index (χ0v) is 20.1. The van der Waals surface area contributed by atoms with Gasteiger partial charge in [0, 0.05) is 18.7 Å². The van der Waals surface area contributed by atoms with Gasteiger partial charge in [0.1, 0.15) is 18.1 Å². The van der Waals surface area contributed by atoms with E-state index in [1.807, 2.05) is 42.9 Å². The molecule has 0 bridgehead atoms. The van der Waals surface area contributed by atoms with Crippen LogP contribution in [0.5, 0.6) is 11.5 Å². The normalized spacial score (nSPS) is 12.6. The highest BCUT2D eigenvalue weighted by atomic mass is 32.1. The average molecular weight is 482 g/mol. The van der Waals surface area contributed by atoms with Crippen molar-refractivity contribution in [1.29, 1.82) is 0 Å². The van der Waals surface area contributed by atoms with E-state index in [1.54, 1.807) is 24.1 Å². The third-order valence-electron chi connectivity index (χ3n) is 5.78. The quantitative estimate of drug-likeness (QED) is 0.472. The van der Waals surface area contributed by atoms with Crippen LogP contribution in [-0.2, 0) is 6.61 Å². The van der Waals surface area contributed by atoms with Crippen molar-refractivity contribution in [3.05, 3.63) is 51.6 Å². The van der Waals surface area contributed by atoms with E-state index in [-0.39, 0.29) is 23.9 Å². The molecule has 0 radical (unpaired) electrons. The number of carbonyl (C=O) groups is 1. The summed E-state index contributed by atoms with van der Waals surface area (Å²) in [6.45, 7) is 6.06. The summed E-state index contributed by atoms with van der Waals surface area (Å²) in [7, 11) is 3.27. The number of fused-ring (bicyclic) bond motifs is 3. The molecule has 1 aliphatic rings. The van der Waals surface area contributed by atoms with Gasteiger partial charge in [-0.25, -0.2) is 14.9 Å². The predicted octanol–water partition coefficient (Wildman–Crippen LogP) is 3.72. The van der Waals surface area contributed by atoms with E-state index in [2.05, 4.69) is 10.2 Å². The first-order chi connectivity index (χ1) is 16.2. The summed E-state index contributed by atoms with van der Waals surface area (Å²) in [5.41, 5.74) is 1.67. The van der Waals surface area contributed by atoms with Crippen LogP contribution in [0.2, 0.25) is 0 Å². The predicted molar refractivity (Wildman–Crippen MR) is 126 cm³/mol. The van der Waals surface area contributed by atoms with Gasteiger partial charge in [-0.05, 0) is 38.3 Å². The number of aromatic nitrogens is 4. The maximum absolute atomic E-state index is 13.5. The number of imidazole rings is 1. The lowest BCUT2D eigenvalue weighted by molar-refractivity contribution is 0.0646. The van der Waals surface area contributed by atoms with Crippen LogP contribution in [0.25, 0.3) is 27.8 Å². The van der Waals surface area contributed by atoms with E-state index < -0.39 is 5.76 Å². The van der Waals surface area contributed by atoms with Gasteiger partial charge in [0.2, 0.25) is 0 Å². The van der Waals surface area contributed by atoms with Crippen LogP contribution in [0.4, 0.5) is 0 Å². The minimum Gasteiger partial charge on any atom is -0.496 e. The Kier molecular flexibility index (Phi) is 5.08. The molecule has 0 fully saturated rings. The summed E-state index contributed by atoms with van der Waals surface area (Å²) in [5.74, 6) is 0.811. The van der Waals surface area contributed by atoms with Crippen LogP contribution >= 0.6 is 11.3 Å². The summed E-state index contributed by atoms with van der Waals surface area (Å²) < 4.78 is 18.6. The summed E-state index contributed by atoms with van der Waals surface area (Å²) in [6, 6.07) is 7.36. The number of H-pyrrole nitrogens is 1. The number of amides is 1. The maximum atomic E-state index is 13.5. The first-order valence-corrected chi connectivity index (χ1v) is 11.4. The van der Waals surface area contributed by atoms with Gasteiger partial charge in [-0.2, -0.15) is 0 Å². The molecule has 5 rings (SSSR count). The summed E-state index contributed by atoms with van der Waals surface area (Å²) in [6.07, 6.45) is 0. The second kappa shape index (κ2) is 7.87. The molecule has 4 heterocycles. The van der Waals surface area contributed by atoms with Crippen LogP contribution in [0.3, 0.4) is 0 Å². The van der Waals surface area contributed by atoms with Crippen molar-refractivity contribution in [1.82, 2.24) is 24.6 Å². The number of hydrogen-bond acceptors (Lipinski definition) is 8. The fourth-order valence-corrected chi connectivity index (χ4v) is 4.42. The number of hydrogen-bond donors (Lipinski definition) is 1. The molecule has 11 heteroatoms. The van der Waals surface area contributed by atoms with Gasteiger partial charge < -0.3 is 18.8 Å². The largest absolute Gasteiger partial charge is 0.496 e. The molecule has 3 aromatic heterocycles. The number of aromatic amines is 1. The number of rotatable bonds is 4. The van der Waals surface area contributed by atoms with Gasteiger partial charge in [-0.1, -0.05) is 6.07 Å². The SMILES string of the molecule is COc1cc2c(cc1-c1n[nH]c(=O)o1)-n1c(-c3cccs3)nc(C(=O)N(C)C(C)(C)C)c1CO2. The molecule has 34 heavy (non-hydrogen) atoms. The minimum atomic E-state index is -0.674. The van der Waals surface area contributed by atoms with Crippen molar-refractivity contribution < 1.29 is 18.7 Å². The van der Waals surface area contributed by atoms with Crippen LogP contribution in [0.15, 0.2) is 38.9 Å². The second-order valence-corrected chi connectivity index (χ2v) is 9.75. The number of methoxy groups -OCH3 is 1. The molecule has 0 unspecified atom stereocenters. The lowest BCUT2D eigenvalue weighted by atomic mass is 10.1. The van der Waals surface area contributed by atoms with E-state index in [0.29, 0.717) is 40.0 Å². The second-order valence-electron chi connectivity index (χ2n) is 8.81. The van der Waals surface area contributed by atoms with Crippen LogP contribution in [-0.4, -0.2) is 50.3 Å². The van der Waals surface area contributed by atoms with E-state index >= 15 is 0 Å². The Morgan fingerprint density at radius 1 is 1.32 bits per heavy atom. The Morgan fingerprint density at radius 2 is 2.12 bits per heavy atom. The number of thiophene rings is 1. The first-order valence-electron chi connectivity index (χ1n) is 10.5. The highest BCUT2D eigenvalue weighted by molar-refractivity contribution is 7.13. The molecule has 4 aromatic rings. The molecule has 0 atom stereocenters. The Morgan fingerprint density at radius 3 is 2.74 bits per heavy atom. The summed E-state index contributed by atoms with van der Waals surface area (Å²) >= 11 is 1.52. The number of nitrogens with zero attached hydrogens (tertiary/aromatic N) is 4. The molecule has 1 N–H and O–H groups in total. The van der Waals surface area contributed by atoms with Gasteiger partial charge in [0.05, 0.1) is 28.9 Å². The number of benzene rings is 1. The van der Waals surface area contributed by atoms with Crippen molar-refractivity contribution in [3.63, 3.8) is 0 Å². The lowest BCUT2D eigenvalue weighted by Crippen LogP contribution is -2.43. The van der Waals surface area contributed by atoms with Gasteiger partial charge in [-0.3, -0.25) is 9.36 Å². The van der Waals surface area contributed by atoms with Crippen LogP contribution in [0.1, 0.15) is 37.0 Å². The first kappa shape index (κ1) is 22.0. The topological polar surface area (TPSA) is 115 Å². The Bertz CT molecular complexity index is 1440. The minimum absolute atomic E-state index is 0.0818. The molecule has 0 spiro atoms. The van der Waals surface area contributed by atoms with Crippen molar-refractivity contribution in [2.24, 2.45) is 0 Å². The Balaban J connectivity index is 1.76. The molecule has 1 amide bonds.